The highest BCUT2D eigenvalue weighted by Gasteiger charge is 2.30. The van der Waals surface area contributed by atoms with Crippen LogP contribution < -0.4 is 20.5 Å². The third-order valence-electron chi connectivity index (χ3n) is 7.15. The Balaban J connectivity index is 1.46. The number of nitrogens with one attached hydrogen (secondary N) is 1. The van der Waals surface area contributed by atoms with E-state index in [1.165, 1.54) is 6.33 Å². The summed E-state index contributed by atoms with van der Waals surface area (Å²) in [6.07, 6.45) is 3.18. The molecule has 12 nitrogen and oxygen atoms in total. The van der Waals surface area contributed by atoms with Gasteiger partial charge in [0.25, 0.3) is 0 Å². The molecule has 1 aromatic carbocycles. The van der Waals surface area contributed by atoms with Crippen LogP contribution in [-0.4, -0.2) is 87.8 Å². The minimum absolute atomic E-state index is 0.0132. The Labute approximate surface area is 228 Å². The van der Waals surface area contributed by atoms with Crippen LogP contribution in [0.1, 0.15) is 46.6 Å². The summed E-state index contributed by atoms with van der Waals surface area (Å²) < 4.78 is 18.9. The molecule has 0 bridgehead atoms. The summed E-state index contributed by atoms with van der Waals surface area (Å²) in [7, 11) is 4.30. The first-order valence-electron chi connectivity index (χ1n) is 13.3. The summed E-state index contributed by atoms with van der Waals surface area (Å²) in [5.74, 6) is 1.22. The Kier molecular flexibility index (Phi) is 7.25. The minimum Gasteiger partial charge on any atom is -0.453 e. The highest BCUT2D eigenvalue weighted by Crippen LogP contribution is 2.48. The SMILES string of the molecule is CC(CN1CCC(N(C)C)CC1)n1nc(-c2ccc(NC(=O)OC(C)(C)C)c3c2OCO3)c2c(N)ncnc21. The Hall–Kier alpha value is -3.64. The highest BCUT2D eigenvalue weighted by atomic mass is 16.7. The first kappa shape index (κ1) is 26.9. The van der Waals surface area contributed by atoms with E-state index in [1.54, 1.807) is 26.8 Å². The molecule has 1 fully saturated rings. The zero-order chi connectivity index (χ0) is 27.9. The van der Waals surface area contributed by atoms with Gasteiger partial charge in [0.15, 0.2) is 17.1 Å². The fourth-order valence-electron chi connectivity index (χ4n) is 5.26. The van der Waals surface area contributed by atoms with Gasteiger partial charge in [-0.2, -0.15) is 5.10 Å². The number of amides is 1. The number of piperidine rings is 1. The molecule has 12 heteroatoms. The second kappa shape index (κ2) is 10.5. The molecule has 3 aromatic rings. The molecule has 2 aliphatic heterocycles. The van der Waals surface area contributed by atoms with Crippen LogP contribution in [0.25, 0.3) is 22.3 Å². The molecule has 1 amide bonds. The number of ether oxygens (including phenoxy) is 3. The maximum absolute atomic E-state index is 12.4. The number of benzene rings is 1. The number of nitrogen functional groups attached to an aromatic ring is 1. The van der Waals surface area contributed by atoms with Crippen molar-refractivity contribution in [1.29, 1.82) is 0 Å². The third kappa shape index (κ3) is 5.57. The number of aromatic nitrogens is 4. The lowest BCUT2D eigenvalue weighted by molar-refractivity contribution is 0.0635. The minimum atomic E-state index is -0.632. The second-order valence-electron chi connectivity index (χ2n) is 11.4. The monoisotopic (exact) mass is 538 g/mol. The van der Waals surface area contributed by atoms with Crippen LogP contribution in [-0.2, 0) is 4.74 Å². The molecular formula is C27H38N8O4. The summed E-state index contributed by atoms with van der Waals surface area (Å²) in [5.41, 5.74) is 8.13. The van der Waals surface area contributed by atoms with E-state index < -0.39 is 11.7 Å². The quantitative estimate of drug-likeness (QED) is 0.478. The van der Waals surface area contributed by atoms with E-state index in [2.05, 4.69) is 46.1 Å². The molecule has 5 rings (SSSR count). The number of anilines is 2. The molecule has 1 unspecified atom stereocenters. The first-order valence-corrected chi connectivity index (χ1v) is 13.3. The van der Waals surface area contributed by atoms with E-state index in [1.807, 2.05) is 10.7 Å². The fraction of sp³-hybridized carbons (Fsp3) is 0.556. The summed E-state index contributed by atoms with van der Waals surface area (Å²) in [6.45, 7) is 10.5. The van der Waals surface area contributed by atoms with Crippen LogP contribution in [0.5, 0.6) is 11.5 Å². The van der Waals surface area contributed by atoms with Crippen molar-refractivity contribution in [3.63, 3.8) is 0 Å². The van der Waals surface area contributed by atoms with Gasteiger partial charge in [-0.3, -0.25) is 5.32 Å². The number of fused-ring (bicyclic) bond motifs is 2. The molecular weight excluding hydrogens is 500 g/mol. The summed E-state index contributed by atoms with van der Waals surface area (Å²) in [5, 5.41) is 8.41. The molecule has 3 N–H and O–H groups in total. The van der Waals surface area contributed by atoms with Crippen LogP contribution in [0.2, 0.25) is 0 Å². The smallest absolute Gasteiger partial charge is 0.412 e. The van der Waals surface area contributed by atoms with Crippen molar-refractivity contribution in [1.82, 2.24) is 29.5 Å². The molecule has 2 aliphatic rings. The van der Waals surface area contributed by atoms with Gasteiger partial charge in [-0.1, -0.05) is 0 Å². The number of likely N-dealkylation sites (tertiary alicyclic amines) is 1. The average molecular weight is 539 g/mol. The van der Waals surface area contributed by atoms with Crippen molar-refractivity contribution < 1.29 is 19.0 Å². The maximum atomic E-state index is 12.4. The van der Waals surface area contributed by atoms with Gasteiger partial charge in [0.2, 0.25) is 6.79 Å². The predicted molar refractivity (Wildman–Crippen MR) is 149 cm³/mol. The van der Waals surface area contributed by atoms with Gasteiger partial charge in [-0.15, -0.1) is 0 Å². The molecule has 1 atom stereocenters. The second-order valence-corrected chi connectivity index (χ2v) is 11.4. The van der Waals surface area contributed by atoms with Gasteiger partial charge in [0.05, 0.1) is 17.1 Å². The number of carbonyl (C=O) groups excluding carboxylic acids is 1. The van der Waals surface area contributed by atoms with Crippen LogP contribution in [0, 0.1) is 0 Å². The number of hydrogen-bond donors (Lipinski definition) is 2. The average Bonchev–Trinajstić information content (AvgIpc) is 3.50. The number of nitrogens with zero attached hydrogens (tertiary/aromatic N) is 6. The van der Waals surface area contributed by atoms with E-state index in [0.717, 1.165) is 32.5 Å². The molecule has 4 heterocycles. The number of nitrogens with two attached hydrogens (primary N) is 1. The van der Waals surface area contributed by atoms with E-state index in [9.17, 15) is 4.79 Å². The zero-order valence-corrected chi connectivity index (χ0v) is 23.5. The topological polar surface area (TPSA) is 133 Å². The molecule has 2 aromatic heterocycles. The van der Waals surface area contributed by atoms with Gasteiger partial charge in [0.1, 0.15) is 23.4 Å². The molecule has 0 aliphatic carbocycles. The standard InChI is InChI=1S/C27H38N8O4/c1-16(13-34-11-9-17(10-12-34)33(5)6)35-25-20(24(28)29-14-30-25)21(32-35)18-7-8-19(23-22(18)37-15-38-23)31-26(36)39-27(2,3)4/h7-8,14,16-17H,9-13,15H2,1-6H3,(H,31,36)(H2,28,29,30). The lowest BCUT2D eigenvalue weighted by Gasteiger charge is -2.36. The summed E-state index contributed by atoms with van der Waals surface area (Å²) in [6, 6.07) is 4.24. The lowest BCUT2D eigenvalue weighted by atomic mass is 10.0. The molecule has 0 spiro atoms. The van der Waals surface area contributed by atoms with Crippen molar-refractivity contribution in [2.75, 3.05) is 51.6 Å². The van der Waals surface area contributed by atoms with Gasteiger partial charge < -0.3 is 29.7 Å². The van der Waals surface area contributed by atoms with Crippen LogP contribution in [0.4, 0.5) is 16.3 Å². The number of hydrogen-bond acceptors (Lipinski definition) is 10. The van der Waals surface area contributed by atoms with Crippen molar-refractivity contribution in [2.24, 2.45) is 0 Å². The highest BCUT2D eigenvalue weighted by molar-refractivity contribution is 6.01. The number of rotatable bonds is 6. The van der Waals surface area contributed by atoms with Crippen molar-refractivity contribution in [3.05, 3.63) is 18.5 Å². The summed E-state index contributed by atoms with van der Waals surface area (Å²) in [4.78, 5) is 26.0. The van der Waals surface area contributed by atoms with E-state index in [-0.39, 0.29) is 12.8 Å². The van der Waals surface area contributed by atoms with Crippen molar-refractivity contribution in [2.45, 2.75) is 58.2 Å². The third-order valence-corrected chi connectivity index (χ3v) is 7.15. The Morgan fingerprint density at radius 3 is 2.62 bits per heavy atom. The van der Waals surface area contributed by atoms with Gasteiger partial charge in [0, 0.05) is 18.2 Å². The molecule has 0 radical (unpaired) electrons. The predicted octanol–water partition coefficient (Wildman–Crippen LogP) is 3.74. The Morgan fingerprint density at radius 1 is 1.21 bits per heavy atom. The van der Waals surface area contributed by atoms with Gasteiger partial charge >= 0.3 is 6.09 Å². The zero-order valence-electron chi connectivity index (χ0n) is 23.5. The van der Waals surface area contributed by atoms with Crippen LogP contribution >= 0.6 is 0 Å². The molecule has 0 saturated carbocycles. The number of carbonyl (C=O) groups is 1. The summed E-state index contributed by atoms with van der Waals surface area (Å²) >= 11 is 0. The van der Waals surface area contributed by atoms with E-state index in [0.29, 0.717) is 51.3 Å². The molecule has 210 valence electrons. The van der Waals surface area contributed by atoms with E-state index >= 15 is 0 Å². The Morgan fingerprint density at radius 2 is 1.92 bits per heavy atom. The largest absolute Gasteiger partial charge is 0.453 e. The first-order chi connectivity index (χ1) is 18.5. The maximum Gasteiger partial charge on any atom is 0.412 e. The van der Waals surface area contributed by atoms with Crippen LogP contribution in [0.15, 0.2) is 18.5 Å². The fourth-order valence-corrected chi connectivity index (χ4v) is 5.26. The molecule has 1 saturated heterocycles. The Bertz CT molecular complexity index is 1360. The van der Waals surface area contributed by atoms with Crippen molar-refractivity contribution in [3.8, 4) is 22.8 Å². The van der Waals surface area contributed by atoms with Gasteiger partial charge in [-0.25, -0.2) is 19.4 Å². The lowest BCUT2D eigenvalue weighted by Crippen LogP contribution is -2.43. The van der Waals surface area contributed by atoms with E-state index in [4.69, 9.17) is 25.0 Å². The van der Waals surface area contributed by atoms with Crippen molar-refractivity contribution >= 4 is 28.6 Å². The normalized spacial score (nSPS) is 17.1. The molecule has 39 heavy (non-hydrogen) atoms. The van der Waals surface area contributed by atoms with Crippen LogP contribution in [0.3, 0.4) is 0 Å². The van der Waals surface area contributed by atoms with Gasteiger partial charge in [-0.05, 0) is 79.9 Å².